The number of aryl methyl sites for hydroxylation is 1. The molecule has 1 aromatic carbocycles. The molecule has 0 radical (unpaired) electrons. The molecule has 142 valence electrons. The Morgan fingerprint density at radius 2 is 1.40 bits per heavy atom. The molecular weight excluding hydrogens is 308 g/mol. The van der Waals surface area contributed by atoms with Gasteiger partial charge in [-0.05, 0) is 37.3 Å². The van der Waals surface area contributed by atoms with E-state index in [1.807, 2.05) is 6.92 Å². The molecule has 0 bridgehead atoms. The second kappa shape index (κ2) is 13.9. The first kappa shape index (κ1) is 21.7. The number of carbonyl (C=O) groups is 1. The Kier molecular flexibility index (Phi) is 12.1. The molecular formula is C23H38O2. The summed E-state index contributed by atoms with van der Waals surface area (Å²) in [6.45, 7) is 6.31. The van der Waals surface area contributed by atoms with Crippen molar-refractivity contribution in [3.05, 3.63) is 35.4 Å². The highest BCUT2D eigenvalue weighted by atomic mass is 16.5. The Hall–Kier alpha value is -1.31. The Balaban J connectivity index is 2.21. The quantitative estimate of drug-likeness (QED) is 0.264. The highest BCUT2D eigenvalue weighted by molar-refractivity contribution is 5.69. The molecule has 1 aromatic rings. The number of hydrogen-bond acceptors (Lipinski definition) is 2. The van der Waals surface area contributed by atoms with Crippen LogP contribution in [0.4, 0.5) is 0 Å². The van der Waals surface area contributed by atoms with Crippen molar-refractivity contribution in [1.29, 1.82) is 0 Å². The van der Waals surface area contributed by atoms with Gasteiger partial charge >= 0.3 is 5.97 Å². The van der Waals surface area contributed by atoms with Gasteiger partial charge in [-0.1, -0.05) is 89.5 Å². The van der Waals surface area contributed by atoms with Gasteiger partial charge in [0.05, 0.1) is 0 Å². The van der Waals surface area contributed by atoms with Gasteiger partial charge in [-0.25, -0.2) is 0 Å². The van der Waals surface area contributed by atoms with Gasteiger partial charge in [0.25, 0.3) is 0 Å². The predicted molar refractivity (Wildman–Crippen MR) is 107 cm³/mol. The van der Waals surface area contributed by atoms with E-state index in [0.717, 1.165) is 24.8 Å². The standard InChI is InChI=1S/C23H38O2/c1-4-6-8-9-10-11-12-13-14-21-16-18-22(19-17-21)20(3)25-23(24)15-7-5-2/h16-20H,4-15H2,1-3H3. The fourth-order valence-electron chi connectivity index (χ4n) is 3.06. The van der Waals surface area contributed by atoms with Crippen LogP contribution in [-0.2, 0) is 16.0 Å². The number of esters is 1. The number of ether oxygens (including phenoxy) is 1. The predicted octanol–water partition coefficient (Wildman–Crippen LogP) is 7.16. The van der Waals surface area contributed by atoms with Crippen molar-refractivity contribution in [2.75, 3.05) is 0 Å². The number of hydrogen-bond donors (Lipinski definition) is 0. The van der Waals surface area contributed by atoms with Crippen LogP contribution in [0.15, 0.2) is 24.3 Å². The van der Waals surface area contributed by atoms with Crippen LogP contribution in [0.2, 0.25) is 0 Å². The summed E-state index contributed by atoms with van der Waals surface area (Å²) >= 11 is 0. The summed E-state index contributed by atoms with van der Waals surface area (Å²) in [6.07, 6.45) is 14.3. The second-order valence-corrected chi connectivity index (χ2v) is 7.20. The van der Waals surface area contributed by atoms with Crippen LogP contribution in [0.3, 0.4) is 0 Å². The first-order chi connectivity index (χ1) is 12.2. The molecule has 1 atom stereocenters. The second-order valence-electron chi connectivity index (χ2n) is 7.20. The summed E-state index contributed by atoms with van der Waals surface area (Å²) in [5.74, 6) is -0.0858. The Labute approximate surface area is 155 Å². The van der Waals surface area contributed by atoms with E-state index in [1.54, 1.807) is 0 Å². The maximum Gasteiger partial charge on any atom is 0.306 e. The maximum atomic E-state index is 11.7. The number of unbranched alkanes of at least 4 members (excludes halogenated alkanes) is 8. The highest BCUT2D eigenvalue weighted by Gasteiger charge is 2.11. The summed E-state index contributed by atoms with van der Waals surface area (Å²) in [4.78, 5) is 11.7. The zero-order valence-electron chi connectivity index (χ0n) is 16.7. The minimum Gasteiger partial charge on any atom is -0.458 e. The molecule has 2 heteroatoms. The summed E-state index contributed by atoms with van der Waals surface area (Å²) in [5, 5.41) is 0. The lowest BCUT2D eigenvalue weighted by Gasteiger charge is -2.14. The molecule has 0 spiro atoms. The van der Waals surface area contributed by atoms with Gasteiger partial charge in [-0.3, -0.25) is 4.79 Å². The number of carbonyl (C=O) groups excluding carboxylic acids is 1. The van der Waals surface area contributed by atoms with E-state index in [2.05, 4.69) is 38.1 Å². The monoisotopic (exact) mass is 346 g/mol. The highest BCUT2D eigenvalue weighted by Crippen LogP contribution is 2.19. The van der Waals surface area contributed by atoms with Crippen LogP contribution in [0.1, 0.15) is 109 Å². The third kappa shape index (κ3) is 10.3. The van der Waals surface area contributed by atoms with Crippen LogP contribution in [0.5, 0.6) is 0 Å². The van der Waals surface area contributed by atoms with E-state index < -0.39 is 0 Å². The molecule has 0 heterocycles. The molecule has 0 aliphatic heterocycles. The van der Waals surface area contributed by atoms with E-state index in [4.69, 9.17) is 4.74 Å². The average molecular weight is 347 g/mol. The molecule has 1 rings (SSSR count). The molecule has 0 aliphatic rings. The van der Waals surface area contributed by atoms with Crippen LogP contribution in [0, 0.1) is 0 Å². The molecule has 0 fully saturated rings. The van der Waals surface area contributed by atoms with E-state index in [0.29, 0.717) is 6.42 Å². The van der Waals surface area contributed by atoms with Gasteiger partial charge in [0.2, 0.25) is 0 Å². The van der Waals surface area contributed by atoms with Crippen molar-refractivity contribution in [3.63, 3.8) is 0 Å². The van der Waals surface area contributed by atoms with Gasteiger partial charge in [0, 0.05) is 6.42 Å². The van der Waals surface area contributed by atoms with Gasteiger partial charge < -0.3 is 4.74 Å². The van der Waals surface area contributed by atoms with Crippen molar-refractivity contribution in [2.24, 2.45) is 0 Å². The minimum atomic E-state index is -0.151. The van der Waals surface area contributed by atoms with Crippen LogP contribution in [0.25, 0.3) is 0 Å². The summed E-state index contributed by atoms with van der Waals surface area (Å²) in [7, 11) is 0. The largest absolute Gasteiger partial charge is 0.458 e. The normalized spacial score (nSPS) is 12.1. The zero-order chi connectivity index (χ0) is 18.3. The molecule has 25 heavy (non-hydrogen) atoms. The summed E-state index contributed by atoms with van der Waals surface area (Å²) < 4.78 is 5.49. The number of benzene rings is 1. The van der Waals surface area contributed by atoms with Gasteiger partial charge in [-0.15, -0.1) is 0 Å². The molecule has 0 saturated heterocycles. The third-order valence-corrected chi connectivity index (χ3v) is 4.81. The lowest BCUT2D eigenvalue weighted by molar-refractivity contribution is -0.148. The van der Waals surface area contributed by atoms with Gasteiger partial charge in [0.15, 0.2) is 0 Å². The lowest BCUT2D eigenvalue weighted by atomic mass is 10.0. The Morgan fingerprint density at radius 3 is 2.00 bits per heavy atom. The first-order valence-electron chi connectivity index (χ1n) is 10.5. The summed E-state index contributed by atoms with van der Waals surface area (Å²) in [6, 6.07) is 8.59. The third-order valence-electron chi connectivity index (χ3n) is 4.81. The Morgan fingerprint density at radius 1 is 0.840 bits per heavy atom. The SMILES string of the molecule is CCCCCCCCCCc1ccc(C(C)OC(=O)CCCC)cc1. The zero-order valence-corrected chi connectivity index (χ0v) is 16.7. The molecule has 0 amide bonds. The molecule has 0 N–H and O–H groups in total. The smallest absolute Gasteiger partial charge is 0.306 e. The van der Waals surface area contributed by atoms with Crippen molar-refractivity contribution in [3.8, 4) is 0 Å². The van der Waals surface area contributed by atoms with E-state index in [-0.39, 0.29) is 12.1 Å². The van der Waals surface area contributed by atoms with E-state index in [9.17, 15) is 4.79 Å². The number of rotatable bonds is 14. The molecule has 0 saturated carbocycles. The minimum absolute atomic E-state index is 0.0858. The molecule has 0 aromatic heterocycles. The fourth-order valence-corrected chi connectivity index (χ4v) is 3.06. The average Bonchev–Trinajstić information content (AvgIpc) is 2.62. The van der Waals surface area contributed by atoms with E-state index in [1.165, 1.54) is 56.9 Å². The van der Waals surface area contributed by atoms with Gasteiger partial charge in [-0.2, -0.15) is 0 Å². The lowest BCUT2D eigenvalue weighted by Crippen LogP contribution is -2.08. The van der Waals surface area contributed by atoms with Crippen molar-refractivity contribution < 1.29 is 9.53 Å². The van der Waals surface area contributed by atoms with Crippen molar-refractivity contribution >= 4 is 5.97 Å². The first-order valence-corrected chi connectivity index (χ1v) is 10.5. The maximum absolute atomic E-state index is 11.7. The van der Waals surface area contributed by atoms with Crippen molar-refractivity contribution in [2.45, 2.75) is 104 Å². The van der Waals surface area contributed by atoms with Crippen LogP contribution < -0.4 is 0 Å². The molecule has 1 unspecified atom stereocenters. The topological polar surface area (TPSA) is 26.3 Å². The van der Waals surface area contributed by atoms with Crippen molar-refractivity contribution in [1.82, 2.24) is 0 Å². The Bertz CT molecular complexity index is 450. The molecule has 2 nitrogen and oxygen atoms in total. The van der Waals surface area contributed by atoms with Crippen LogP contribution in [-0.4, -0.2) is 5.97 Å². The van der Waals surface area contributed by atoms with E-state index >= 15 is 0 Å². The molecule has 0 aliphatic carbocycles. The fraction of sp³-hybridized carbons (Fsp3) is 0.696. The van der Waals surface area contributed by atoms with Gasteiger partial charge in [0.1, 0.15) is 6.10 Å². The summed E-state index contributed by atoms with van der Waals surface area (Å²) in [5.41, 5.74) is 2.48. The van der Waals surface area contributed by atoms with Crippen LogP contribution >= 0.6 is 0 Å².